The molecule has 0 aromatic heterocycles. The van der Waals surface area contributed by atoms with Crippen LogP contribution in [0.25, 0.3) is 0 Å². The highest BCUT2D eigenvalue weighted by Crippen LogP contribution is 2.31. The summed E-state index contributed by atoms with van der Waals surface area (Å²) in [7, 11) is -2.03. The van der Waals surface area contributed by atoms with E-state index in [4.69, 9.17) is 0 Å². The molecule has 1 aromatic carbocycles. The van der Waals surface area contributed by atoms with Crippen LogP contribution in [0.2, 0.25) is 0 Å². The summed E-state index contributed by atoms with van der Waals surface area (Å²) in [4.78, 5) is 11.2. The minimum absolute atomic E-state index is 0.466. The number of anilines is 2. The summed E-state index contributed by atoms with van der Waals surface area (Å²) in [5.74, 6) is 0. The molecule has 0 aliphatic carbocycles. The van der Waals surface area contributed by atoms with E-state index >= 15 is 0 Å². The molecule has 2 rings (SSSR count). The van der Waals surface area contributed by atoms with Gasteiger partial charge in [0.15, 0.2) is 0 Å². The molecular weight excluding hydrogens is 268 g/mol. The van der Waals surface area contributed by atoms with Crippen LogP contribution < -0.4 is 9.62 Å². The Bertz CT molecular complexity index is 598. The molecule has 0 spiro atoms. The van der Waals surface area contributed by atoms with E-state index in [1.807, 2.05) is 6.07 Å². The molecule has 1 aliphatic heterocycles. The molecule has 1 heterocycles. The number of carbonyl (C=O) groups excluding carboxylic acids is 1. The van der Waals surface area contributed by atoms with E-state index < -0.39 is 16.1 Å². The van der Waals surface area contributed by atoms with Crippen molar-refractivity contribution in [3.05, 3.63) is 23.8 Å². The highest BCUT2D eigenvalue weighted by atomic mass is 32.2. The van der Waals surface area contributed by atoms with Gasteiger partial charge in [-0.05, 0) is 30.5 Å². The van der Waals surface area contributed by atoms with Crippen molar-refractivity contribution in [2.45, 2.75) is 12.8 Å². The highest BCUT2D eigenvalue weighted by molar-refractivity contribution is 7.92. The molecule has 1 aromatic rings. The van der Waals surface area contributed by atoms with Crippen molar-refractivity contribution in [1.29, 1.82) is 0 Å². The van der Waals surface area contributed by atoms with Gasteiger partial charge < -0.3 is 4.74 Å². The zero-order valence-corrected chi connectivity index (χ0v) is 11.7. The van der Waals surface area contributed by atoms with E-state index in [0.717, 1.165) is 18.4 Å². The van der Waals surface area contributed by atoms with Crippen LogP contribution in [-0.2, 0) is 21.2 Å². The summed E-state index contributed by atoms with van der Waals surface area (Å²) in [6.07, 6.45) is 2.23. The molecule has 0 radical (unpaired) electrons. The third-order valence-corrected chi connectivity index (χ3v) is 4.17. The number of amides is 1. The van der Waals surface area contributed by atoms with Crippen LogP contribution in [0, 0.1) is 0 Å². The van der Waals surface area contributed by atoms with Gasteiger partial charge in [0.1, 0.15) is 0 Å². The Labute approximate surface area is 112 Å². The van der Waals surface area contributed by atoms with Gasteiger partial charge >= 0.3 is 6.09 Å². The second-order valence-electron chi connectivity index (χ2n) is 4.40. The smallest absolute Gasteiger partial charge is 0.411 e. The maximum Gasteiger partial charge on any atom is 0.411 e. The number of sulfonamides is 1. The lowest BCUT2D eigenvalue weighted by atomic mass is 10.0. The quantitative estimate of drug-likeness (QED) is 0.894. The van der Waals surface area contributed by atoms with Gasteiger partial charge in [-0.25, -0.2) is 13.2 Å². The van der Waals surface area contributed by atoms with Crippen LogP contribution >= 0.6 is 0 Å². The molecule has 0 saturated heterocycles. The van der Waals surface area contributed by atoms with Crippen molar-refractivity contribution < 1.29 is 17.9 Å². The molecule has 1 N–H and O–H groups in total. The van der Waals surface area contributed by atoms with E-state index in [9.17, 15) is 13.2 Å². The van der Waals surface area contributed by atoms with Gasteiger partial charge in [-0.15, -0.1) is 0 Å². The molecule has 0 atom stereocenters. The van der Waals surface area contributed by atoms with E-state index in [0.29, 0.717) is 17.9 Å². The van der Waals surface area contributed by atoms with Crippen LogP contribution in [-0.4, -0.2) is 34.4 Å². The summed E-state index contributed by atoms with van der Waals surface area (Å²) in [5.41, 5.74) is 2.11. The summed E-state index contributed by atoms with van der Waals surface area (Å²) in [6.45, 7) is 0.466. The first-order valence-corrected chi connectivity index (χ1v) is 7.72. The predicted octanol–water partition coefficient (Wildman–Crippen LogP) is 1.58. The lowest BCUT2D eigenvalue weighted by Gasteiger charge is -2.29. The number of fused-ring (bicyclic) bond motifs is 1. The number of hydrogen-bond donors (Lipinski definition) is 1. The van der Waals surface area contributed by atoms with Crippen molar-refractivity contribution in [1.82, 2.24) is 0 Å². The Kier molecular flexibility index (Phi) is 3.66. The number of ether oxygens (including phenoxy) is 1. The summed E-state index contributed by atoms with van der Waals surface area (Å²) in [5, 5.41) is 2.53. The fourth-order valence-electron chi connectivity index (χ4n) is 2.13. The Morgan fingerprint density at radius 1 is 1.42 bits per heavy atom. The lowest BCUT2D eigenvalue weighted by Crippen LogP contribution is -2.34. The lowest BCUT2D eigenvalue weighted by molar-refractivity contribution is 0.187. The highest BCUT2D eigenvalue weighted by Gasteiger charge is 2.24. The minimum Gasteiger partial charge on any atom is -0.453 e. The van der Waals surface area contributed by atoms with Crippen molar-refractivity contribution in [3.8, 4) is 0 Å². The fourth-order valence-corrected chi connectivity index (χ4v) is 3.12. The van der Waals surface area contributed by atoms with Gasteiger partial charge in [0.25, 0.3) is 0 Å². The van der Waals surface area contributed by atoms with Crippen LogP contribution in [0.15, 0.2) is 18.2 Å². The SMILES string of the molecule is COC(=O)Nc1ccc2c(c1)N(S(C)(=O)=O)CCC2. The molecule has 104 valence electrons. The van der Waals surface area contributed by atoms with Crippen LogP contribution in [0.4, 0.5) is 16.2 Å². The van der Waals surface area contributed by atoms with Gasteiger partial charge in [-0.2, -0.15) is 0 Å². The average molecular weight is 284 g/mol. The minimum atomic E-state index is -3.30. The zero-order chi connectivity index (χ0) is 14.0. The Balaban J connectivity index is 2.38. The molecule has 1 amide bonds. The zero-order valence-electron chi connectivity index (χ0n) is 10.8. The van der Waals surface area contributed by atoms with Gasteiger partial charge in [-0.3, -0.25) is 9.62 Å². The Morgan fingerprint density at radius 3 is 2.79 bits per heavy atom. The first-order valence-electron chi connectivity index (χ1n) is 5.87. The largest absolute Gasteiger partial charge is 0.453 e. The van der Waals surface area contributed by atoms with Crippen molar-refractivity contribution in [2.75, 3.05) is 29.5 Å². The molecule has 0 unspecified atom stereocenters. The number of benzene rings is 1. The maximum absolute atomic E-state index is 11.8. The number of carbonyl (C=O) groups is 1. The van der Waals surface area contributed by atoms with Crippen LogP contribution in [0.1, 0.15) is 12.0 Å². The summed E-state index contributed by atoms with van der Waals surface area (Å²) >= 11 is 0. The molecule has 0 fully saturated rings. The van der Waals surface area contributed by atoms with E-state index in [2.05, 4.69) is 10.1 Å². The third-order valence-electron chi connectivity index (χ3n) is 2.99. The topological polar surface area (TPSA) is 75.7 Å². The van der Waals surface area contributed by atoms with E-state index in [1.165, 1.54) is 17.7 Å². The molecule has 7 heteroatoms. The second-order valence-corrected chi connectivity index (χ2v) is 6.31. The van der Waals surface area contributed by atoms with Crippen molar-refractivity contribution >= 4 is 27.5 Å². The summed E-state index contributed by atoms with van der Waals surface area (Å²) in [6, 6.07) is 5.23. The maximum atomic E-state index is 11.8. The van der Waals surface area contributed by atoms with Gasteiger partial charge in [0.2, 0.25) is 10.0 Å². The number of rotatable bonds is 2. The van der Waals surface area contributed by atoms with Crippen LogP contribution in [0.5, 0.6) is 0 Å². The molecule has 0 bridgehead atoms. The molecule has 1 aliphatic rings. The normalized spacial score (nSPS) is 14.7. The van der Waals surface area contributed by atoms with Gasteiger partial charge in [0, 0.05) is 12.2 Å². The van der Waals surface area contributed by atoms with Crippen molar-refractivity contribution in [2.24, 2.45) is 0 Å². The van der Waals surface area contributed by atoms with Gasteiger partial charge in [-0.1, -0.05) is 6.07 Å². The monoisotopic (exact) mass is 284 g/mol. The standard InChI is InChI=1S/C12H16N2O4S/c1-18-12(15)13-10-6-5-9-4-3-7-14(11(9)8-10)19(2,16)17/h5-6,8H,3-4,7H2,1-2H3,(H,13,15). The van der Waals surface area contributed by atoms with E-state index in [-0.39, 0.29) is 0 Å². The third kappa shape index (κ3) is 2.98. The first-order chi connectivity index (χ1) is 8.91. The van der Waals surface area contributed by atoms with Crippen molar-refractivity contribution in [3.63, 3.8) is 0 Å². The second kappa shape index (κ2) is 5.08. The Hall–Kier alpha value is -1.76. The number of aryl methyl sites for hydroxylation is 1. The first kappa shape index (κ1) is 13.7. The molecule has 19 heavy (non-hydrogen) atoms. The number of nitrogens with zero attached hydrogens (tertiary/aromatic N) is 1. The summed E-state index contributed by atoms with van der Waals surface area (Å²) < 4.78 is 29.4. The fraction of sp³-hybridized carbons (Fsp3) is 0.417. The average Bonchev–Trinajstić information content (AvgIpc) is 2.36. The van der Waals surface area contributed by atoms with Gasteiger partial charge in [0.05, 0.1) is 19.1 Å². The van der Waals surface area contributed by atoms with E-state index in [1.54, 1.807) is 12.1 Å². The predicted molar refractivity (Wildman–Crippen MR) is 73.0 cm³/mol. The molecule has 0 saturated carbocycles. The Morgan fingerprint density at radius 2 is 2.16 bits per heavy atom. The number of hydrogen-bond acceptors (Lipinski definition) is 4. The molecule has 6 nitrogen and oxygen atoms in total. The van der Waals surface area contributed by atoms with Crippen LogP contribution in [0.3, 0.4) is 0 Å². The number of methoxy groups -OCH3 is 1. The number of nitrogens with one attached hydrogen (secondary N) is 1. The molecular formula is C12H16N2O4S.